The zero-order chi connectivity index (χ0) is 11.2. The van der Waals surface area contributed by atoms with Gasteiger partial charge in [0, 0.05) is 25.7 Å². The molecule has 0 saturated carbocycles. The standard InChI is InChI=1S/C11H16ClN3O/c12-10-3-4-13-11(14-10)2-1-5-15-6-8-16-9-7-15/h3-4H,1-2,5-9H2. The number of aromatic nitrogens is 2. The molecule has 0 amide bonds. The lowest BCUT2D eigenvalue weighted by Gasteiger charge is -2.26. The monoisotopic (exact) mass is 241 g/mol. The van der Waals surface area contributed by atoms with Crippen molar-refractivity contribution in [2.24, 2.45) is 0 Å². The van der Waals surface area contributed by atoms with Crippen LogP contribution in [0, 0.1) is 0 Å². The molecule has 0 spiro atoms. The van der Waals surface area contributed by atoms with E-state index in [1.807, 2.05) is 0 Å². The lowest BCUT2D eigenvalue weighted by Crippen LogP contribution is -2.37. The summed E-state index contributed by atoms with van der Waals surface area (Å²) in [5.74, 6) is 0.834. The molecule has 2 heterocycles. The van der Waals surface area contributed by atoms with Gasteiger partial charge in [-0.25, -0.2) is 9.97 Å². The molecule has 0 aromatic carbocycles. The van der Waals surface area contributed by atoms with Crippen molar-refractivity contribution in [3.8, 4) is 0 Å². The summed E-state index contributed by atoms with van der Waals surface area (Å²) in [5.41, 5.74) is 0. The van der Waals surface area contributed by atoms with Gasteiger partial charge in [-0.3, -0.25) is 4.90 Å². The van der Waals surface area contributed by atoms with Crippen LogP contribution in [0.5, 0.6) is 0 Å². The molecule has 0 atom stereocenters. The van der Waals surface area contributed by atoms with Crippen LogP contribution >= 0.6 is 11.6 Å². The largest absolute Gasteiger partial charge is 0.379 e. The van der Waals surface area contributed by atoms with Crippen molar-refractivity contribution < 1.29 is 4.74 Å². The van der Waals surface area contributed by atoms with Crippen LogP contribution in [0.1, 0.15) is 12.2 Å². The first-order valence-electron chi connectivity index (χ1n) is 5.62. The van der Waals surface area contributed by atoms with Crippen molar-refractivity contribution in [3.05, 3.63) is 23.2 Å². The average molecular weight is 242 g/mol. The Balaban J connectivity index is 1.71. The highest BCUT2D eigenvalue weighted by Crippen LogP contribution is 2.05. The molecule has 4 nitrogen and oxygen atoms in total. The molecular formula is C11H16ClN3O. The van der Waals surface area contributed by atoms with E-state index >= 15 is 0 Å². The summed E-state index contributed by atoms with van der Waals surface area (Å²) in [7, 11) is 0. The van der Waals surface area contributed by atoms with E-state index in [9.17, 15) is 0 Å². The van der Waals surface area contributed by atoms with Gasteiger partial charge in [0.1, 0.15) is 11.0 Å². The minimum atomic E-state index is 0.524. The molecule has 0 N–H and O–H groups in total. The third kappa shape index (κ3) is 3.70. The number of halogens is 1. The van der Waals surface area contributed by atoms with E-state index in [0.29, 0.717) is 5.15 Å². The SMILES string of the molecule is Clc1ccnc(CCCN2CCOCC2)n1. The van der Waals surface area contributed by atoms with Crippen LogP contribution in [0.15, 0.2) is 12.3 Å². The highest BCUT2D eigenvalue weighted by atomic mass is 35.5. The maximum atomic E-state index is 5.79. The number of rotatable bonds is 4. The van der Waals surface area contributed by atoms with Crippen LogP contribution in [-0.4, -0.2) is 47.7 Å². The number of aryl methyl sites for hydroxylation is 1. The molecule has 1 aromatic rings. The van der Waals surface area contributed by atoms with Gasteiger partial charge in [-0.15, -0.1) is 0 Å². The molecule has 1 aliphatic rings. The normalized spacial score (nSPS) is 17.6. The molecule has 0 radical (unpaired) electrons. The van der Waals surface area contributed by atoms with E-state index in [1.165, 1.54) is 0 Å². The molecule has 16 heavy (non-hydrogen) atoms. The van der Waals surface area contributed by atoms with Gasteiger partial charge in [0.15, 0.2) is 0 Å². The summed E-state index contributed by atoms with van der Waals surface area (Å²) < 4.78 is 5.30. The van der Waals surface area contributed by atoms with Crippen LogP contribution in [0.3, 0.4) is 0 Å². The van der Waals surface area contributed by atoms with E-state index in [0.717, 1.165) is 51.5 Å². The van der Waals surface area contributed by atoms with E-state index < -0.39 is 0 Å². The first-order valence-corrected chi connectivity index (χ1v) is 6.00. The van der Waals surface area contributed by atoms with E-state index in [2.05, 4.69) is 14.9 Å². The Kier molecular flexibility index (Phi) is 4.51. The van der Waals surface area contributed by atoms with E-state index in [-0.39, 0.29) is 0 Å². The fourth-order valence-corrected chi connectivity index (χ4v) is 1.93. The summed E-state index contributed by atoms with van der Waals surface area (Å²) in [6.07, 6.45) is 3.66. The van der Waals surface area contributed by atoms with Gasteiger partial charge in [0.25, 0.3) is 0 Å². The van der Waals surface area contributed by atoms with Gasteiger partial charge in [-0.2, -0.15) is 0 Å². The Bertz CT molecular complexity index is 329. The van der Waals surface area contributed by atoms with E-state index in [1.54, 1.807) is 12.3 Å². The fourth-order valence-electron chi connectivity index (χ4n) is 1.78. The van der Waals surface area contributed by atoms with Gasteiger partial charge in [-0.05, 0) is 19.0 Å². The van der Waals surface area contributed by atoms with Crippen molar-refractivity contribution in [1.29, 1.82) is 0 Å². The quantitative estimate of drug-likeness (QED) is 0.747. The minimum Gasteiger partial charge on any atom is -0.379 e. The van der Waals surface area contributed by atoms with Gasteiger partial charge < -0.3 is 4.74 Å². The minimum absolute atomic E-state index is 0.524. The van der Waals surface area contributed by atoms with Crippen molar-refractivity contribution >= 4 is 11.6 Å². The summed E-state index contributed by atoms with van der Waals surface area (Å²) in [4.78, 5) is 10.8. The Labute approximate surface area is 101 Å². The third-order valence-electron chi connectivity index (χ3n) is 2.65. The molecule has 1 aromatic heterocycles. The molecule has 1 aliphatic heterocycles. The number of hydrogen-bond acceptors (Lipinski definition) is 4. The smallest absolute Gasteiger partial charge is 0.132 e. The highest BCUT2D eigenvalue weighted by Gasteiger charge is 2.09. The van der Waals surface area contributed by atoms with Gasteiger partial charge in [-0.1, -0.05) is 11.6 Å². The molecule has 2 rings (SSSR count). The lowest BCUT2D eigenvalue weighted by atomic mass is 10.2. The molecule has 1 saturated heterocycles. The Morgan fingerprint density at radius 1 is 1.38 bits per heavy atom. The fraction of sp³-hybridized carbons (Fsp3) is 0.636. The van der Waals surface area contributed by atoms with Crippen molar-refractivity contribution in [3.63, 3.8) is 0 Å². The first-order chi connectivity index (χ1) is 7.84. The molecule has 0 bridgehead atoms. The number of nitrogens with zero attached hydrogens (tertiary/aromatic N) is 3. The first kappa shape index (κ1) is 11.8. The third-order valence-corrected chi connectivity index (χ3v) is 2.86. The van der Waals surface area contributed by atoms with Crippen LogP contribution in [-0.2, 0) is 11.2 Å². The Morgan fingerprint density at radius 2 is 2.19 bits per heavy atom. The maximum absolute atomic E-state index is 5.79. The average Bonchev–Trinajstić information content (AvgIpc) is 2.30. The second kappa shape index (κ2) is 6.13. The van der Waals surface area contributed by atoms with Gasteiger partial charge >= 0.3 is 0 Å². The van der Waals surface area contributed by atoms with Crippen LogP contribution in [0.4, 0.5) is 0 Å². The van der Waals surface area contributed by atoms with Gasteiger partial charge in [0.2, 0.25) is 0 Å². The second-order valence-corrected chi connectivity index (χ2v) is 4.24. The van der Waals surface area contributed by atoms with E-state index in [4.69, 9.17) is 16.3 Å². The molecule has 1 fully saturated rings. The zero-order valence-electron chi connectivity index (χ0n) is 9.23. The number of ether oxygens (including phenoxy) is 1. The van der Waals surface area contributed by atoms with Crippen molar-refractivity contribution in [2.45, 2.75) is 12.8 Å². The Hall–Kier alpha value is -0.710. The Morgan fingerprint density at radius 3 is 2.94 bits per heavy atom. The zero-order valence-corrected chi connectivity index (χ0v) is 9.99. The highest BCUT2D eigenvalue weighted by molar-refractivity contribution is 6.29. The molecule has 88 valence electrons. The summed E-state index contributed by atoms with van der Waals surface area (Å²) in [6, 6.07) is 1.70. The molecule has 0 unspecified atom stereocenters. The topological polar surface area (TPSA) is 38.2 Å². The van der Waals surface area contributed by atoms with Crippen LogP contribution in [0.2, 0.25) is 5.15 Å². The summed E-state index contributed by atoms with van der Waals surface area (Å²) >= 11 is 5.79. The van der Waals surface area contributed by atoms with Crippen LogP contribution in [0.25, 0.3) is 0 Å². The molecular weight excluding hydrogens is 226 g/mol. The molecule has 0 aliphatic carbocycles. The number of morpholine rings is 1. The molecule has 5 heteroatoms. The van der Waals surface area contributed by atoms with Gasteiger partial charge in [0.05, 0.1) is 13.2 Å². The number of hydrogen-bond donors (Lipinski definition) is 0. The van der Waals surface area contributed by atoms with Crippen molar-refractivity contribution in [2.75, 3.05) is 32.8 Å². The van der Waals surface area contributed by atoms with Crippen LogP contribution < -0.4 is 0 Å². The lowest BCUT2D eigenvalue weighted by molar-refractivity contribution is 0.0374. The summed E-state index contributed by atoms with van der Waals surface area (Å²) in [6.45, 7) is 4.87. The predicted octanol–water partition coefficient (Wildman–Crippen LogP) is 1.39. The maximum Gasteiger partial charge on any atom is 0.132 e. The second-order valence-electron chi connectivity index (χ2n) is 3.85. The van der Waals surface area contributed by atoms with Crippen molar-refractivity contribution in [1.82, 2.24) is 14.9 Å². The summed E-state index contributed by atoms with van der Waals surface area (Å²) in [5, 5.41) is 0.524. The predicted molar refractivity (Wildman–Crippen MR) is 62.6 cm³/mol.